The summed E-state index contributed by atoms with van der Waals surface area (Å²) in [4.78, 5) is 8.86. The third-order valence-electron chi connectivity index (χ3n) is 4.24. The number of methoxy groups -OCH3 is 1. The molecule has 0 saturated carbocycles. The van der Waals surface area contributed by atoms with E-state index in [9.17, 15) is 4.39 Å². The van der Waals surface area contributed by atoms with Crippen molar-refractivity contribution in [1.82, 2.24) is 14.8 Å². The van der Waals surface area contributed by atoms with Crippen LogP contribution in [-0.2, 0) is 13.1 Å². The van der Waals surface area contributed by atoms with E-state index in [0.717, 1.165) is 44.8 Å². The quantitative estimate of drug-likeness (QED) is 0.848. The molecular weight excluding hydrogens is 293 g/mol. The Hall–Kier alpha value is -1.98. The van der Waals surface area contributed by atoms with Crippen molar-refractivity contribution in [3.63, 3.8) is 0 Å². The first-order valence-corrected chi connectivity index (χ1v) is 7.90. The Labute approximate surface area is 136 Å². The van der Waals surface area contributed by atoms with Crippen LogP contribution in [0.4, 0.5) is 4.39 Å². The van der Waals surface area contributed by atoms with Gasteiger partial charge < -0.3 is 4.74 Å². The summed E-state index contributed by atoms with van der Waals surface area (Å²) in [7, 11) is 1.49. The first-order chi connectivity index (χ1) is 11.2. The van der Waals surface area contributed by atoms with Crippen LogP contribution in [0, 0.1) is 5.82 Å². The Bertz CT molecular complexity index is 627. The predicted molar refractivity (Wildman–Crippen MR) is 87.7 cm³/mol. The van der Waals surface area contributed by atoms with E-state index in [0.29, 0.717) is 5.75 Å². The van der Waals surface area contributed by atoms with E-state index in [1.807, 2.05) is 18.5 Å². The van der Waals surface area contributed by atoms with Crippen molar-refractivity contribution in [3.05, 3.63) is 59.7 Å². The normalized spacial score (nSPS) is 16.4. The van der Waals surface area contributed by atoms with Crippen LogP contribution in [0.2, 0.25) is 0 Å². The second-order valence-electron chi connectivity index (χ2n) is 5.88. The zero-order valence-corrected chi connectivity index (χ0v) is 13.4. The average molecular weight is 315 g/mol. The molecule has 3 rings (SSSR count). The highest BCUT2D eigenvalue weighted by Crippen LogP contribution is 2.19. The predicted octanol–water partition coefficient (Wildman–Crippen LogP) is 2.55. The highest BCUT2D eigenvalue weighted by molar-refractivity contribution is 5.29. The molecule has 0 amide bonds. The van der Waals surface area contributed by atoms with Gasteiger partial charge in [0.05, 0.1) is 7.11 Å². The monoisotopic (exact) mass is 315 g/mol. The molecule has 1 aliphatic rings. The third-order valence-corrected chi connectivity index (χ3v) is 4.24. The number of pyridine rings is 1. The fraction of sp³-hybridized carbons (Fsp3) is 0.389. The number of benzene rings is 1. The molecule has 0 unspecified atom stereocenters. The van der Waals surface area contributed by atoms with Crippen LogP contribution in [0.1, 0.15) is 11.1 Å². The molecule has 0 bridgehead atoms. The van der Waals surface area contributed by atoms with E-state index >= 15 is 0 Å². The largest absolute Gasteiger partial charge is 0.494 e. The van der Waals surface area contributed by atoms with Gasteiger partial charge in [0.25, 0.3) is 0 Å². The third kappa shape index (κ3) is 4.27. The van der Waals surface area contributed by atoms with Gasteiger partial charge in [0, 0.05) is 51.7 Å². The summed E-state index contributed by atoms with van der Waals surface area (Å²) in [6, 6.07) is 9.33. The summed E-state index contributed by atoms with van der Waals surface area (Å²) >= 11 is 0. The van der Waals surface area contributed by atoms with E-state index in [4.69, 9.17) is 4.74 Å². The number of hydrogen-bond acceptors (Lipinski definition) is 4. The number of hydrogen-bond donors (Lipinski definition) is 0. The van der Waals surface area contributed by atoms with Gasteiger partial charge in [-0.1, -0.05) is 6.07 Å². The van der Waals surface area contributed by atoms with Gasteiger partial charge in [-0.05, 0) is 35.4 Å². The fourth-order valence-corrected chi connectivity index (χ4v) is 2.92. The first kappa shape index (κ1) is 15.9. The molecule has 1 aromatic carbocycles. The van der Waals surface area contributed by atoms with E-state index < -0.39 is 0 Å². The lowest BCUT2D eigenvalue weighted by Crippen LogP contribution is -2.45. The van der Waals surface area contributed by atoms with Crippen LogP contribution < -0.4 is 4.74 Å². The van der Waals surface area contributed by atoms with Crippen molar-refractivity contribution in [1.29, 1.82) is 0 Å². The van der Waals surface area contributed by atoms with E-state index in [1.165, 1.54) is 12.7 Å². The number of rotatable bonds is 5. The summed E-state index contributed by atoms with van der Waals surface area (Å²) in [6.07, 6.45) is 3.67. The lowest BCUT2D eigenvalue weighted by Gasteiger charge is -2.34. The van der Waals surface area contributed by atoms with Crippen LogP contribution in [0.15, 0.2) is 42.7 Å². The maximum Gasteiger partial charge on any atom is 0.165 e. The van der Waals surface area contributed by atoms with Crippen LogP contribution >= 0.6 is 0 Å². The highest BCUT2D eigenvalue weighted by atomic mass is 19.1. The zero-order valence-electron chi connectivity index (χ0n) is 13.4. The molecule has 0 N–H and O–H groups in total. The molecule has 1 aromatic heterocycles. The lowest BCUT2D eigenvalue weighted by molar-refractivity contribution is 0.122. The van der Waals surface area contributed by atoms with Crippen molar-refractivity contribution in [2.75, 3.05) is 33.3 Å². The Morgan fingerprint density at radius 2 is 1.57 bits per heavy atom. The molecule has 0 aliphatic carbocycles. The van der Waals surface area contributed by atoms with Crippen molar-refractivity contribution >= 4 is 0 Å². The van der Waals surface area contributed by atoms with Crippen molar-refractivity contribution < 1.29 is 9.13 Å². The Kier molecular flexibility index (Phi) is 5.20. The summed E-state index contributed by atoms with van der Waals surface area (Å²) in [5.74, 6) is 0.0113. The lowest BCUT2D eigenvalue weighted by atomic mass is 10.1. The Morgan fingerprint density at radius 1 is 0.957 bits per heavy atom. The minimum Gasteiger partial charge on any atom is -0.494 e. The molecule has 23 heavy (non-hydrogen) atoms. The maximum absolute atomic E-state index is 13.8. The maximum atomic E-state index is 13.8. The summed E-state index contributed by atoms with van der Waals surface area (Å²) in [5.41, 5.74) is 2.29. The molecule has 122 valence electrons. The summed E-state index contributed by atoms with van der Waals surface area (Å²) < 4.78 is 18.7. The van der Waals surface area contributed by atoms with Crippen LogP contribution in [0.3, 0.4) is 0 Å². The van der Waals surface area contributed by atoms with Crippen LogP contribution in [-0.4, -0.2) is 48.1 Å². The van der Waals surface area contributed by atoms with Gasteiger partial charge in [-0.3, -0.25) is 14.8 Å². The molecule has 0 spiro atoms. The minimum absolute atomic E-state index is 0.290. The molecule has 0 atom stereocenters. The number of aromatic nitrogens is 1. The Balaban J connectivity index is 1.50. The number of ether oxygens (including phenoxy) is 1. The molecule has 4 nitrogen and oxygen atoms in total. The first-order valence-electron chi connectivity index (χ1n) is 7.90. The standard InChI is InChI=1S/C18H22FN3O/c1-23-18-3-2-16(12-17(18)19)14-22-10-8-21(9-11-22)13-15-4-6-20-7-5-15/h2-7,12H,8-11,13-14H2,1H3. The number of nitrogens with zero attached hydrogens (tertiary/aromatic N) is 3. The molecule has 1 saturated heterocycles. The van der Waals surface area contributed by atoms with Crippen LogP contribution in [0.5, 0.6) is 5.75 Å². The van der Waals surface area contributed by atoms with Gasteiger partial charge in [-0.2, -0.15) is 0 Å². The molecule has 5 heteroatoms. The van der Waals surface area contributed by atoms with Gasteiger partial charge in [-0.15, -0.1) is 0 Å². The molecule has 1 fully saturated rings. The van der Waals surface area contributed by atoms with Crippen molar-refractivity contribution in [2.45, 2.75) is 13.1 Å². The van der Waals surface area contributed by atoms with E-state index in [-0.39, 0.29) is 5.82 Å². The minimum atomic E-state index is -0.290. The second kappa shape index (κ2) is 7.53. The van der Waals surface area contributed by atoms with E-state index in [1.54, 1.807) is 12.1 Å². The fourth-order valence-electron chi connectivity index (χ4n) is 2.92. The van der Waals surface area contributed by atoms with Crippen LogP contribution in [0.25, 0.3) is 0 Å². The summed E-state index contributed by atoms with van der Waals surface area (Å²) in [5, 5.41) is 0. The molecular formula is C18H22FN3O. The number of halogens is 1. The SMILES string of the molecule is COc1ccc(CN2CCN(Cc3ccncc3)CC2)cc1F. The summed E-state index contributed by atoms with van der Waals surface area (Å²) in [6.45, 7) is 5.80. The second-order valence-corrected chi connectivity index (χ2v) is 5.88. The topological polar surface area (TPSA) is 28.6 Å². The van der Waals surface area contributed by atoms with Gasteiger partial charge in [0.2, 0.25) is 0 Å². The van der Waals surface area contributed by atoms with Gasteiger partial charge in [0.15, 0.2) is 11.6 Å². The molecule has 2 heterocycles. The zero-order chi connectivity index (χ0) is 16.1. The molecule has 2 aromatic rings. The number of piperazine rings is 1. The molecule has 1 aliphatic heterocycles. The smallest absolute Gasteiger partial charge is 0.165 e. The van der Waals surface area contributed by atoms with Gasteiger partial charge in [-0.25, -0.2) is 4.39 Å². The highest BCUT2D eigenvalue weighted by Gasteiger charge is 2.17. The Morgan fingerprint density at radius 3 is 2.13 bits per heavy atom. The molecule has 0 radical (unpaired) electrons. The van der Waals surface area contributed by atoms with Gasteiger partial charge >= 0.3 is 0 Å². The van der Waals surface area contributed by atoms with Gasteiger partial charge in [0.1, 0.15) is 0 Å². The van der Waals surface area contributed by atoms with Crippen molar-refractivity contribution in [2.24, 2.45) is 0 Å². The average Bonchev–Trinajstić information content (AvgIpc) is 2.58. The van der Waals surface area contributed by atoms with E-state index in [2.05, 4.69) is 26.9 Å². The van der Waals surface area contributed by atoms with Crippen molar-refractivity contribution in [3.8, 4) is 5.75 Å².